The average Bonchev–Trinajstić information content (AvgIpc) is 3.10. The van der Waals surface area contributed by atoms with E-state index in [9.17, 15) is 13.6 Å². The van der Waals surface area contributed by atoms with Gasteiger partial charge in [-0.2, -0.15) is 13.9 Å². The fraction of sp³-hybridized carbons (Fsp3) is 0.733. The summed E-state index contributed by atoms with van der Waals surface area (Å²) in [5.74, 6) is 0.890. The molecule has 3 atom stereocenters. The molecule has 1 aliphatic carbocycles. The maximum absolute atomic E-state index is 12.8. The number of aromatic nitrogens is 2. The van der Waals surface area contributed by atoms with Gasteiger partial charge in [0.15, 0.2) is 0 Å². The van der Waals surface area contributed by atoms with Gasteiger partial charge < -0.3 is 10.6 Å². The second kappa shape index (κ2) is 6.73. The Bertz CT molecular complexity index is 592. The highest BCUT2D eigenvalue weighted by Gasteiger charge is 2.42. The third-order valence-electron chi connectivity index (χ3n) is 5.25. The normalized spacial score (nSPS) is 26.5. The van der Waals surface area contributed by atoms with Crippen LogP contribution in [0.15, 0.2) is 0 Å². The van der Waals surface area contributed by atoms with Crippen molar-refractivity contribution in [2.24, 2.45) is 17.6 Å². The molecule has 2 heterocycles. The number of carbonyl (C=O) groups is 1. The fourth-order valence-electron chi connectivity index (χ4n) is 3.92. The van der Waals surface area contributed by atoms with Crippen molar-refractivity contribution in [2.45, 2.75) is 45.7 Å². The lowest BCUT2D eigenvalue weighted by Gasteiger charge is -2.19. The van der Waals surface area contributed by atoms with E-state index in [-0.39, 0.29) is 30.8 Å². The smallest absolute Gasteiger partial charge is 0.333 e. The Hall–Kier alpha value is -1.21. The summed E-state index contributed by atoms with van der Waals surface area (Å²) < 4.78 is 26.4. The topological polar surface area (TPSA) is 64.2 Å². The average molecular weight is 349 g/mol. The first kappa shape index (κ1) is 18.1. The van der Waals surface area contributed by atoms with Crippen LogP contribution in [0.25, 0.3) is 0 Å². The summed E-state index contributed by atoms with van der Waals surface area (Å²) in [4.78, 5) is 14.3. The maximum Gasteiger partial charge on any atom is 0.333 e. The quantitative estimate of drug-likeness (QED) is 0.909. The fourth-order valence-corrected chi connectivity index (χ4v) is 3.92. The van der Waals surface area contributed by atoms with E-state index in [2.05, 4.69) is 5.10 Å². The zero-order valence-corrected chi connectivity index (χ0v) is 14.2. The first-order valence-electron chi connectivity index (χ1n) is 7.74. The molecule has 1 aliphatic heterocycles. The van der Waals surface area contributed by atoms with Crippen LogP contribution in [-0.4, -0.2) is 39.7 Å². The van der Waals surface area contributed by atoms with Crippen molar-refractivity contribution < 1.29 is 13.6 Å². The highest BCUT2D eigenvalue weighted by Crippen LogP contribution is 2.37. The third-order valence-corrected chi connectivity index (χ3v) is 5.25. The van der Waals surface area contributed by atoms with E-state index in [0.29, 0.717) is 40.0 Å². The van der Waals surface area contributed by atoms with Crippen LogP contribution >= 0.6 is 12.4 Å². The van der Waals surface area contributed by atoms with E-state index in [1.54, 1.807) is 13.8 Å². The van der Waals surface area contributed by atoms with E-state index in [1.165, 1.54) is 0 Å². The lowest BCUT2D eigenvalue weighted by molar-refractivity contribution is -0.129. The summed E-state index contributed by atoms with van der Waals surface area (Å²) >= 11 is 0. The molecular formula is C15H23ClF2N4O. The first-order valence-corrected chi connectivity index (χ1v) is 7.74. The van der Waals surface area contributed by atoms with E-state index >= 15 is 0 Å². The largest absolute Gasteiger partial charge is 0.342 e. The molecule has 0 spiro atoms. The molecule has 8 heteroatoms. The maximum atomic E-state index is 12.8. The van der Waals surface area contributed by atoms with Gasteiger partial charge >= 0.3 is 6.55 Å². The zero-order chi connectivity index (χ0) is 16.0. The molecule has 2 N–H and O–H groups in total. The summed E-state index contributed by atoms with van der Waals surface area (Å²) in [7, 11) is 0. The summed E-state index contributed by atoms with van der Waals surface area (Å²) in [6.45, 7) is 2.03. The number of fused-ring (bicyclic) bond motifs is 1. The van der Waals surface area contributed by atoms with Crippen LogP contribution in [0.3, 0.4) is 0 Å². The predicted molar refractivity (Wildman–Crippen MR) is 84.7 cm³/mol. The van der Waals surface area contributed by atoms with Crippen molar-refractivity contribution >= 4 is 18.3 Å². The number of likely N-dealkylation sites (tertiary alicyclic amines) is 1. The van der Waals surface area contributed by atoms with Crippen LogP contribution in [0.4, 0.5) is 8.78 Å². The van der Waals surface area contributed by atoms with Gasteiger partial charge in [-0.25, -0.2) is 4.68 Å². The number of amides is 1. The summed E-state index contributed by atoms with van der Waals surface area (Å²) in [6.07, 6.45) is 2.26. The standard InChI is InChI=1S/C15H22F2N4O.ClH/c1-8-11(9(2)21(19-8)15(16)17)5-14(22)20-6-10-3-4-13(18)12(10)7-20;/h10,12-13,15H,3-7,18H2,1-2H3;1H. The van der Waals surface area contributed by atoms with Gasteiger partial charge in [-0.1, -0.05) is 0 Å². The summed E-state index contributed by atoms with van der Waals surface area (Å²) in [5, 5.41) is 3.83. The number of nitrogens with zero attached hydrogens (tertiary/aromatic N) is 3. The predicted octanol–water partition coefficient (Wildman–Crippen LogP) is 2.06. The molecular weight excluding hydrogens is 326 g/mol. The minimum atomic E-state index is -2.67. The summed E-state index contributed by atoms with van der Waals surface area (Å²) in [5.41, 5.74) is 7.58. The number of halogens is 3. The lowest BCUT2D eigenvalue weighted by atomic mass is 9.98. The Morgan fingerprint density at radius 1 is 1.35 bits per heavy atom. The van der Waals surface area contributed by atoms with Crippen LogP contribution in [0, 0.1) is 25.7 Å². The number of rotatable bonds is 3. The van der Waals surface area contributed by atoms with Gasteiger partial charge in [0.1, 0.15) is 0 Å². The van der Waals surface area contributed by atoms with Crippen molar-refractivity contribution in [1.29, 1.82) is 0 Å². The van der Waals surface area contributed by atoms with Gasteiger partial charge in [-0.15, -0.1) is 12.4 Å². The first-order chi connectivity index (χ1) is 10.4. The number of hydrogen-bond acceptors (Lipinski definition) is 3. The van der Waals surface area contributed by atoms with Crippen LogP contribution in [-0.2, 0) is 11.2 Å². The lowest BCUT2D eigenvalue weighted by Crippen LogP contribution is -2.34. The second-order valence-corrected chi connectivity index (χ2v) is 6.51. The monoisotopic (exact) mass is 348 g/mol. The van der Waals surface area contributed by atoms with Crippen LogP contribution < -0.4 is 5.73 Å². The number of aryl methyl sites for hydroxylation is 1. The molecule has 130 valence electrons. The molecule has 2 fully saturated rings. The number of nitrogens with two attached hydrogens (primary N) is 1. The molecule has 1 saturated carbocycles. The van der Waals surface area contributed by atoms with E-state index in [4.69, 9.17) is 5.73 Å². The molecule has 1 aromatic rings. The molecule has 5 nitrogen and oxygen atoms in total. The Morgan fingerprint density at radius 3 is 2.61 bits per heavy atom. The molecule has 23 heavy (non-hydrogen) atoms. The van der Waals surface area contributed by atoms with Crippen LogP contribution in [0.1, 0.15) is 36.3 Å². The van der Waals surface area contributed by atoms with Gasteiger partial charge in [-0.3, -0.25) is 4.79 Å². The van der Waals surface area contributed by atoms with E-state index in [1.807, 2.05) is 4.90 Å². The SMILES string of the molecule is Cc1nn(C(F)F)c(C)c1CC(=O)N1CC2CCC(N)C2C1.Cl. The molecule has 1 amide bonds. The van der Waals surface area contributed by atoms with Crippen molar-refractivity contribution in [2.75, 3.05) is 13.1 Å². The summed E-state index contributed by atoms with van der Waals surface area (Å²) in [6, 6.07) is 0.188. The minimum absolute atomic E-state index is 0. The van der Waals surface area contributed by atoms with Crippen molar-refractivity contribution in [3.63, 3.8) is 0 Å². The Kier molecular flexibility index (Phi) is 5.30. The Morgan fingerprint density at radius 2 is 2.04 bits per heavy atom. The van der Waals surface area contributed by atoms with Crippen LogP contribution in [0.2, 0.25) is 0 Å². The van der Waals surface area contributed by atoms with Crippen molar-refractivity contribution in [1.82, 2.24) is 14.7 Å². The molecule has 2 aliphatic rings. The van der Waals surface area contributed by atoms with Gasteiger partial charge in [0.2, 0.25) is 5.91 Å². The van der Waals surface area contributed by atoms with Crippen molar-refractivity contribution in [3.05, 3.63) is 17.0 Å². The van der Waals surface area contributed by atoms with E-state index in [0.717, 1.165) is 19.4 Å². The highest BCUT2D eigenvalue weighted by molar-refractivity contribution is 5.85. The molecule has 3 rings (SSSR count). The van der Waals surface area contributed by atoms with Gasteiger partial charge in [-0.05, 0) is 38.5 Å². The third kappa shape index (κ3) is 3.21. The van der Waals surface area contributed by atoms with Gasteiger partial charge in [0.25, 0.3) is 0 Å². The highest BCUT2D eigenvalue weighted by atomic mass is 35.5. The van der Waals surface area contributed by atoms with Gasteiger partial charge in [0.05, 0.1) is 12.1 Å². The molecule has 1 aromatic heterocycles. The number of hydrogen-bond donors (Lipinski definition) is 1. The molecule has 0 bridgehead atoms. The van der Waals surface area contributed by atoms with Crippen LogP contribution in [0.5, 0.6) is 0 Å². The minimum Gasteiger partial charge on any atom is -0.342 e. The van der Waals surface area contributed by atoms with Gasteiger partial charge in [0, 0.05) is 30.4 Å². The molecule has 0 radical (unpaired) electrons. The Balaban J connectivity index is 0.00000192. The molecule has 3 unspecified atom stereocenters. The van der Waals surface area contributed by atoms with E-state index < -0.39 is 6.55 Å². The number of alkyl halides is 2. The molecule has 1 saturated heterocycles. The van der Waals surface area contributed by atoms with Crippen molar-refractivity contribution in [3.8, 4) is 0 Å². The molecule has 0 aromatic carbocycles. The number of carbonyl (C=O) groups excluding carboxylic acids is 1. The second-order valence-electron chi connectivity index (χ2n) is 6.51. The zero-order valence-electron chi connectivity index (χ0n) is 13.3. The Labute approximate surface area is 140 Å².